The van der Waals surface area contributed by atoms with Gasteiger partial charge in [0.1, 0.15) is 0 Å². The van der Waals surface area contributed by atoms with Gasteiger partial charge in [-0.3, -0.25) is 4.68 Å². The molecule has 0 aliphatic carbocycles. The number of aromatic nitrogens is 2. The average Bonchev–Trinajstić information content (AvgIpc) is 2.96. The van der Waals surface area contributed by atoms with Gasteiger partial charge in [0.25, 0.3) is 0 Å². The van der Waals surface area contributed by atoms with Gasteiger partial charge in [-0.25, -0.2) is 4.79 Å². The third-order valence-electron chi connectivity index (χ3n) is 2.85. The molecule has 0 aromatic carbocycles. The molecule has 0 aliphatic heterocycles. The van der Waals surface area contributed by atoms with Gasteiger partial charge >= 0.3 is 5.97 Å². The standard InChI is InChI=1S/C14H18FN3O2S/c1-9(2)8-18-10(5-12(17-18)14(19)20)6-16-7-11-3-4-13(15)21-11/h3-5,9,16H,6-8H2,1-2H3,(H,19,20). The second-order valence-corrected chi connectivity index (χ2v) is 6.33. The van der Waals surface area contributed by atoms with Crippen molar-refractivity contribution in [1.82, 2.24) is 15.1 Å². The van der Waals surface area contributed by atoms with Gasteiger partial charge in [-0.1, -0.05) is 13.8 Å². The lowest BCUT2D eigenvalue weighted by molar-refractivity contribution is 0.0689. The second-order valence-electron chi connectivity index (χ2n) is 5.21. The smallest absolute Gasteiger partial charge is 0.356 e. The fraction of sp³-hybridized carbons (Fsp3) is 0.429. The lowest BCUT2D eigenvalue weighted by Gasteiger charge is -2.10. The Morgan fingerprint density at radius 2 is 2.24 bits per heavy atom. The molecule has 0 aliphatic rings. The molecule has 2 heterocycles. The molecule has 0 bridgehead atoms. The summed E-state index contributed by atoms with van der Waals surface area (Å²) < 4.78 is 14.6. The SMILES string of the molecule is CC(C)Cn1nc(C(=O)O)cc1CNCc1ccc(F)s1. The first kappa shape index (κ1) is 15.7. The van der Waals surface area contributed by atoms with E-state index in [2.05, 4.69) is 10.4 Å². The van der Waals surface area contributed by atoms with Gasteiger partial charge in [-0.05, 0) is 24.1 Å². The largest absolute Gasteiger partial charge is 0.476 e. The van der Waals surface area contributed by atoms with E-state index in [1.165, 1.54) is 6.07 Å². The van der Waals surface area contributed by atoms with Crippen molar-refractivity contribution in [3.63, 3.8) is 0 Å². The van der Waals surface area contributed by atoms with Crippen LogP contribution in [0.4, 0.5) is 4.39 Å². The number of carbonyl (C=O) groups is 1. The highest BCUT2D eigenvalue weighted by Gasteiger charge is 2.13. The van der Waals surface area contributed by atoms with E-state index in [-0.39, 0.29) is 10.8 Å². The normalized spacial score (nSPS) is 11.2. The summed E-state index contributed by atoms with van der Waals surface area (Å²) in [5, 5.41) is 16.1. The van der Waals surface area contributed by atoms with E-state index >= 15 is 0 Å². The van der Waals surface area contributed by atoms with Crippen LogP contribution in [0.1, 0.15) is 34.9 Å². The molecule has 2 aromatic rings. The van der Waals surface area contributed by atoms with E-state index < -0.39 is 5.97 Å². The maximum atomic E-state index is 12.9. The molecule has 0 radical (unpaired) electrons. The Hall–Kier alpha value is -1.73. The molecular formula is C14H18FN3O2S. The molecule has 2 N–H and O–H groups in total. The first-order valence-corrected chi connectivity index (χ1v) is 7.52. The summed E-state index contributed by atoms with van der Waals surface area (Å²) in [7, 11) is 0. The van der Waals surface area contributed by atoms with Crippen LogP contribution in [0.25, 0.3) is 0 Å². The summed E-state index contributed by atoms with van der Waals surface area (Å²) >= 11 is 1.10. The third-order valence-corrected chi connectivity index (χ3v) is 3.73. The molecule has 0 amide bonds. The van der Waals surface area contributed by atoms with E-state index in [1.54, 1.807) is 16.8 Å². The maximum Gasteiger partial charge on any atom is 0.356 e. The monoisotopic (exact) mass is 311 g/mol. The summed E-state index contributed by atoms with van der Waals surface area (Å²) in [6.07, 6.45) is 0. The highest BCUT2D eigenvalue weighted by atomic mass is 32.1. The number of hydrogen-bond donors (Lipinski definition) is 2. The summed E-state index contributed by atoms with van der Waals surface area (Å²) in [6.45, 7) is 5.80. The first-order valence-electron chi connectivity index (χ1n) is 6.70. The van der Waals surface area contributed by atoms with Gasteiger partial charge in [0.15, 0.2) is 10.8 Å². The Morgan fingerprint density at radius 1 is 1.48 bits per heavy atom. The minimum Gasteiger partial charge on any atom is -0.476 e. The van der Waals surface area contributed by atoms with Crippen molar-refractivity contribution in [1.29, 1.82) is 0 Å². The first-order chi connectivity index (χ1) is 9.95. The van der Waals surface area contributed by atoms with Crippen LogP contribution in [-0.4, -0.2) is 20.9 Å². The van der Waals surface area contributed by atoms with Gasteiger partial charge in [-0.2, -0.15) is 9.49 Å². The predicted octanol–water partition coefficient (Wildman–Crippen LogP) is 2.73. The second kappa shape index (κ2) is 6.82. The molecule has 0 saturated heterocycles. The number of thiophene rings is 1. The van der Waals surface area contributed by atoms with E-state index in [0.717, 1.165) is 21.9 Å². The van der Waals surface area contributed by atoms with Crippen LogP contribution in [0.2, 0.25) is 0 Å². The highest BCUT2D eigenvalue weighted by molar-refractivity contribution is 7.10. The van der Waals surface area contributed by atoms with Gasteiger partial charge in [0.2, 0.25) is 0 Å². The van der Waals surface area contributed by atoms with Crippen LogP contribution in [0.15, 0.2) is 18.2 Å². The van der Waals surface area contributed by atoms with Crippen molar-refractivity contribution in [2.45, 2.75) is 33.5 Å². The Labute approximate surface area is 126 Å². The Kier molecular flexibility index (Phi) is 5.08. The van der Waals surface area contributed by atoms with Crippen LogP contribution < -0.4 is 5.32 Å². The highest BCUT2D eigenvalue weighted by Crippen LogP contribution is 2.14. The Balaban J connectivity index is 2.01. The van der Waals surface area contributed by atoms with Crippen LogP contribution >= 0.6 is 11.3 Å². The average molecular weight is 311 g/mol. The Bertz CT molecular complexity index is 622. The molecule has 114 valence electrons. The fourth-order valence-corrected chi connectivity index (χ4v) is 2.66. The van der Waals surface area contributed by atoms with Crippen molar-refractivity contribution in [2.75, 3.05) is 0 Å². The van der Waals surface area contributed by atoms with Gasteiger partial charge < -0.3 is 10.4 Å². The third kappa shape index (κ3) is 4.37. The predicted molar refractivity (Wildman–Crippen MR) is 78.8 cm³/mol. The van der Waals surface area contributed by atoms with Crippen molar-refractivity contribution < 1.29 is 14.3 Å². The topological polar surface area (TPSA) is 67.2 Å². The van der Waals surface area contributed by atoms with Crippen LogP contribution in [-0.2, 0) is 19.6 Å². The fourth-order valence-electron chi connectivity index (χ4n) is 1.97. The van der Waals surface area contributed by atoms with E-state index in [9.17, 15) is 9.18 Å². The summed E-state index contributed by atoms with van der Waals surface area (Å²) in [5.41, 5.74) is 0.868. The zero-order valence-electron chi connectivity index (χ0n) is 12.0. The van der Waals surface area contributed by atoms with Gasteiger partial charge in [-0.15, -0.1) is 11.3 Å². The van der Waals surface area contributed by atoms with Crippen LogP contribution in [0, 0.1) is 11.0 Å². The number of nitrogens with one attached hydrogen (secondary N) is 1. The number of nitrogens with zero attached hydrogens (tertiary/aromatic N) is 2. The van der Waals surface area contributed by atoms with Crippen molar-refractivity contribution >= 4 is 17.3 Å². The van der Waals surface area contributed by atoms with Crippen molar-refractivity contribution in [3.05, 3.63) is 39.6 Å². The molecule has 0 spiro atoms. The molecule has 21 heavy (non-hydrogen) atoms. The number of carboxylic acids is 1. The van der Waals surface area contributed by atoms with E-state index in [0.29, 0.717) is 25.6 Å². The van der Waals surface area contributed by atoms with E-state index in [4.69, 9.17) is 5.11 Å². The summed E-state index contributed by atoms with van der Waals surface area (Å²) in [5.74, 6) is -0.657. The number of carboxylic acid groups (broad SMARTS) is 1. The summed E-state index contributed by atoms with van der Waals surface area (Å²) in [6, 6.07) is 4.75. The molecular weight excluding hydrogens is 293 g/mol. The minimum absolute atomic E-state index is 0.0506. The maximum absolute atomic E-state index is 12.9. The molecule has 5 nitrogen and oxygen atoms in total. The molecule has 0 fully saturated rings. The van der Waals surface area contributed by atoms with Gasteiger partial charge in [0.05, 0.1) is 5.69 Å². The Morgan fingerprint density at radius 3 is 2.81 bits per heavy atom. The molecule has 2 rings (SSSR count). The number of halogens is 1. The lowest BCUT2D eigenvalue weighted by atomic mass is 10.2. The lowest BCUT2D eigenvalue weighted by Crippen LogP contribution is -2.17. The van der Waals surface area contributed by atoms with Crippen LogP contribution in [0.3, 0.4) is 0 Å². The molecule has 7 heteroatoms. The molecule has 0 atom stereocenters. The number of rotatable bonds is 7. The quantitative estimate of drug-likeness (QED) is 0.825. The van der Waals surface area contributed by atoms with E-state index in [1.807, 2.05) is 13.8 Å². The van der Waals surface area contributed by atoms with Gasteiger partial charge in [0, 0.05) is 24.5 Å². The van der Waals surface area contributed by atoms with Crippen LogP contribution in [0.5, 0.6) is 0 Å². The van der Waals surface area contributed by atoms with Crippen molar-refractivity contribution in [2.24, 2.45) is 5.92 Å². The molecule has 0 unspecified atom stereocenters. The molecule has 2 aromatic heterocycles. The summed E-state index contributed by atoms with van der Waals surface area (Å²) in [4.78, 5) is 11.9. The number of hydrogen-bond acceptors (Lipinski definition) is 4. The zero-order chi connectivity index (χ0) is 15.4. The number of aromatic carboxylic acids is 1. The van der Waals surface area contributed by atoms with Crippen molar-refractivity contribution in [3.8, 4) is 0 Å². The minimum atomic E-state index is -1.03. The molecule has 0 saturated carbocycles. The zero-order valence-corrected chi connectivity index (χ0v) is 12.8.